The van der Waals surface area contributed by atoms with E-state index in [0.29, 0.717) is 0 Å². The monoisotopic (exact) mass is 230 g/mol. The topological polar surface area (TPSA) is 38.0 Å². The fraction of sp³-hybridized carbons (Fsp3) is 0.400. The summed E-state index contributed by atoms with van der Waals surface area (Å²) in [6.45, 7) is 0. The van der Waals surface area contributed by atoms with E-state index in [4.69, 9.17) is 17.4 Å². The molecular formula is C10H15ClN2S. The lowest BCUT2D eigenvalue weighted by atomic mass is 10.1. The number of nitrogens with one attached hydrogen (secondary N) is 1. The molecule has 78 valence electrons. The predicted molar refractivity (Wildman–Crippen MR) is 64.6 cm³/mol. The number of rotatable bonds is 5. The maximum absolute atomic E-state index is 6.05. The molecule has 1 aromatic rings. The predicted octanol–water partition coefficient (Wildman–Crippen LogP) is 2.08. The van der Waals surface area contributed by atoms with Gasteiger partial charge in [0.1, 0.15) is 0 Å². The Bertz CT molecular complexity index is 281. The van der Waals surface area contributed by atoms with Gasteiger partial charge in [-0.1, -0.05) is 29.8 Å². The van der Waals surface area contributed by atoms with Crippen molar-refractivity contribution in [2.75, 3.05) is 12.0 Å². The molecule has 1 atom stereocenters. The molecule has 4 heteroatoms. The summed E-state index contributed by atoms with van der Waals surface area (Å²) in [5, 5.41) is 0.814. The largest absolute Gasteiger partial charge is 0.271 e. The molecule has 0 aromatic heterocycles. The van der Waals surface area contributed by atoms with Gasteiger partial charge in [-0.25, -0.2) is 0 Å². The van der Waals surface area contributed by atoms with Crippen molar-refractivity contribution in [2.45, 2.75) is 12.5 Å². The molecule has 0 aliphatic rings. The SMILES string of the molecule is CSCC(Cc1ccccc1Cl)NN. The van der Waals surface area contributed by atoms with E-state index in [9.17, 15) is 0 Å². The minimum Gasteiger partial charge on any atom is -0.271 e. The van der Waals surface area contributed by atoms with Crippen molar-refractivity contribution in [3.63, 3.8) is 0 Å². The number of hydrogen-bond acceptors (Lipinski definition) is 3. The molecular weight excluding hydrogens is 216 g/mol. The minimum atomic E-state index is 0.282. The van der Waals surface area contributed by atoms with Crippen LogP contribution >= 0.6 is 23.4 Å². The number of halogens is 1. The maximum Gasteiger partial charge on any atom is 0.0438 e. The molecule has 14 heavy (non-hydrogen) atoms. The average Bonchev–Trinajstić information content (AvgIpc) is 2.20. The van der Waals surface area contributed by atoms with Gasteiger partial charge < -0.3 is 0 Å². The first-order valence-corrected chi connectivity index (χ1v) is 6.23. The molecule has 0 amide bonds. The van der Waals surface area contributed by atoms with Crippen molar-refractivity contribution in [3.8, 4) is 0 Å². The van der Waals surface area contributed by atoms with Gasteiger partial charge in [0.05, 0.1) is 0 Å². The van der Waals surface area contributed by atoms with Crippen molar-refractivity contribution >= 4 is 23.4 Å². The molecule has 0 bridgehead atoms. The third-order valence-electron chi connectivity index (χ3n) is 2.03. The fourth-order valence-corrected chi connectivity index (χ4v) is 2.13. The molecule has 0 aliphatic carbocycles. The van der Waals surface area contributed by atoms with Gasteiger partial charge in [0, 0.05) is 16.8 Å². The second-order valence-electron chi connectivity index (χ2n) is 3.11. The van der Waals surface area contributed by atoms with Gasteiger partial charge >= 0.3 is 0 Å². The van der Waals surface area contributed by atoms with Crippen LogP contribution in [0.5, 0.6) is 0 Å². The van der Waals surface area contributed by atoms with Crippen LogP contribution in [0, 0.1) is 0 Å². The van der Waals surface area contributed by atoms with Crippen molar-refractivity contribution in [2.24, 2.45) is 5.84 Å². The van der Waals surface area contributed by atoms with Crippen LogP contribution in [0.15, 0.2) is 24.3 Å². The summed E-state index contributed by atoms with van der Waals surface area (Å²) in [6.07, 6.45) is 2.94. The first kappa shape index (κ1) is 11.9. The third-order valence-corrected chi connectivity index (χ3v) is 3.13. The molecule has 3 N–H and O–H groups in total. The van der Waals surface area contributed by atoms with Crippen LogP contribution in [0.1, 0.15) is 5.56 Å². The van der Waals surface area contributed by atoms with E-state index in [1.165, 1.54) is 0 Å². The maximum atomic E-state index is 6.05. The first-order chi connectivity index (χ1) is 6.77. The van der Waals surface area contributed by atoms with Crippen LogP contribution in [0.2, 0.25) is 5.02 Å². The average molecular weight is 231 g/mol. The van der Waals surface area contributed by atoms with Gasteiger partial charge in [0.2, 0.25) is 0 Å². The van der Waals surface area contributed by atoms with Gasteiger partial charge in [-0.15, -0.1) is 0 Å². The van der Waals surface area contributed by atoms with Crippen LogP contribution in [-0.4, -0.2) is 18.1 Å². The molecule has 1 aromatic carbocycles. The molecule has 2 nitrogen and oxygen atoms in total. The second-order valence-corrected chi connectivity index (χ2v) is 4.43. The van der Waals surface area contributed by atoms with Gasteiger partial charge in [-0.2, -0.15) is 11.8 Å². The van der Waals surface area contributed by atoms with Gasteiger partial charge in [-0.05, 0) is 24.3 Å². The molecule has 0 heterocycles. The Labute approximate surface area is 94.2 Å². The summed E-state index contributed by atoms with van der Waals surface area (Å²) < 4.78 is 0. The van der Waals surface area contributed by atoms with Gasteiger partial charge in [0.15, 0.2) is 0 Å². The Hall–Kier alpha value is -0.220. The lowest BCUT2D eigenvalue weighted by Gasteiger charge is -2.15. The van der Waals surface area contributed by atoms with Crippen molar-refractivity contribution in [1.82, 2.24) is 5.43 Å². The number of nitrogens with two attached hydrogens (primary N) is 1. The molecule has 0 spiro atoms. The highest BCUT2D eigenvalue weighted by atomic mass is 35.5. The van der Waals surface area contributed by atoms with Crippen LogP contribution in [0.25, 0.3) is 0 Å². The van der Waals surface area contributed by atoms with Crippen LogP contribution in [-0.2, 0) is 6.42 Å². The van der Waals surface area contributed by atoms with Crippen molar-refractivity contribution in [1.29, 1.82) is 0 Å². The molecule has 0 radical (unpaired) electrons. The molecule has 0 saturated heterocycles. The van der Waals surface area contributed by atoms with E-state index in [0.717, 1.165) is 22.8 Å². The van der Waals surface area contributed by atoms with E-state index in [2.05, 4.69) is 11.7 Å². The van der Waals surface area contributed by atoms with E-state index < -0.39 is 0 Å². The molecule has 0 saturated carbocycles. The van der Waals surface area contributed by atoms with E-state index in [-0.39, 0.29) is 6.04 Å². The summed E-state index contributed by atoms with van der Waals surface area (Å²) in [5.74, 6) is 6.44. The Morgan fingerprint density at radius 2 is 2.21 bits per heavy atom. The Balaban J connectivity index is 2.62. The Morgan fingerprint density at radius 3 is 2.79 bits per heavy atom. The zero-order chi connectivity index (χ0) is 10.4. The second kappa shape index (κ2) is 6.30. The summed E-state index contributed by atoms with van der Waals surface area (Å²) in [7, 11) is 0. The summed E-state index contributed by atoms with van der Waals surface area (Å²) in [5.41, 5.74) is 3.94. The highest BCUT2D eigenvalue weighted by Crippen LogP contribution is 2.17. The smallest absolute Gasteiger partial charge is 0.0438 e. The van der Waals surface area contributed by atoms with Gasteiger partial charge in [0.25, 0.3) is 0 Å². The van der Waals surface area contributed by atoms with E-state index in [1.807, 2.05) is 24.3 Å². The normalized spacial score (nSPS) is 12.8. The highest BCUT2D eigenvalue weighted by Gasteiger charge is 2.08. The summed E-state index contributed by atoms with van der Waals surface area (Å²) in [4.78, 5) is 0. The number of benzene rings is 1. The van der Waals surface area contributed by atoms with Gasteiger partial charge in [-0.3, -0.25) is 11.3 Å². The minimum absolute atomic E-state index is 0.282. The van der Waals surface area contributed by atoms with Crippen LogP contribution < -0.4 is 11.3 Å². The van der Waals surface area contributed by atoms with E-state index >= 15 is 0 Å². The van der Waals surface area contributed by atoms with Crippen LogP contribution in [0.3, 0.4) is 0 Å². The summed E-state index contributed by atoms with van der Waals surface area (Å²) >= 11 is 7.82. The van der Waals surface area contributed by atoms with Crippen molar-refractivity contribution in [3.05, 3.63) is 34.9 Å². The lowest BCUT2D eigenvalue weighted by molar-refractivity contribution is 0.576. The Morgan fingerprint density at radius 1 is 1.50 bits per heavy atom. The zero-order valence-corrected chi connectivity index (χ0v) is 9.74. The van der Waals surface area contributed by atoms with E-state index in [1.54, 1.807) is 11.8 Å². The number of thioether (sulfide) groups is 1. The lowest BCUT2D eigenvalue weighted by Crippen LogP contribution is -2.38. The first-order valence-electron chi connectivity index (χ1n) is 4.46. The third kappa shape index (κ3) is 3.50. The quantitative estimate of drug-likeness (QED) is 0.601. The molecule has 1 unspecified atom stereocenters. The Kier molecular flexibility index (Phi) is 5.33. The standard InChI is InChI=1S/C10H15ClN2S/c1-14-7-9(13-12)6-8-4-2-3-5-10(8)11/h2-5,9,13H,6-7,12H2,1H3. The molecule has 0 fully saturated rings. The van der Waals surface area contributed by atoms with Crippen LogP contribution in [0.4, 0.5) is 0 Å². The van der Waals surface area contributed by atoms with Crippen molar-refractivity contribution < 1.29 is 0 Å². The number of hydrazine groups is 1. The highest BCUT2D eigenvalue weighted by molar-refractivity contribution is 7.98. The molecule has 0 aliphatic heterocycles. The zero-order valence-electron chi connectivity index (χ0n) is 8.16. The summed E-state index contributed by atoms with van der Waals surface area (Å²) in [6, 6.07) is 8.15. The molecule has 1 rings (SSSR count). The number of hydrogen-bond donors (Lipinski definition) is 2. The fourth-order valence-electron chi connectivity index (χ4n) is 1.30.